The zero-order valence-corrected chi connectivity index (χ0v) is 16.7. The minimum absolute atomic E-state index is 0.155. The van der Waals surface area contributed by atoms with E-state index in [0.29, 0.717) is 13.0 Å². The van der Waals surface area contributed by atoms with Gasteiger partial charge in [-0.1, -0.05) is 26.8 Å². The van der Waals surface area contributed by atoms with Crippen LogP contribution in [0.4, 0.5) is 0 Å². The summed E-state index contributed by atoms with van der Waals surface area (Å²) in [5, 5.41) is 0. The topological polar surface area (TPSA) is 53.5 Å². The maximum absolute atomic E-state index is 12.7. The number of pyridine rings is 1. The lowest BCUT2D eigenvalue weighted by molar-refractivity contribution is -0.150. The molecule has 1 fully saturated rings. The molecule has 26 heavy (non-hydrogen) atoms. The van der Waals surface area contributed by atoms with Gasteiger partial charge in [0.15, 0.2) is 0 Å². The van der Waals surface area contributed by atoms with Crippen LogP contribution in [0.5, 0.6) is 0 Å². The lowest BCUT2D eigenvalue weighted by Crippen LogP contribution is -2.48. The average Bonchev–Trinajstić information content (AvgIpc) is 3.09. The Morgan fingerprint density at radius 2 is 2.15 bits per heavy atom. The van der Waals surface area contributed by atoms with E-state index in [2.05, 4.69) is 23.0 Å². The number of likely N-dealkylation sites (tertiary alicyclic amines) is 1. The van der Waals surface area contributed by atoms with Gasteiger partial charge in [0.1, 0.15) is 0 Å². The highest BCUT2D eigenvalue weighted by Gasteiger charge is 2.38. The summed E-state index contributed by atoms with van der Waals surface area (Å²) in [6, 6.07) is 4.23. The first-order valence-corrected chi connectivity index (χ1v) is 9.78. The number of carbonyl (C=O) groups excluding carboxylic acids is 2. The molecule has 0 N–H and O–H groups in total. The third-order valence-corrected chi connectivity index (χ3v) is 5.58. The fraction of sp³-hybridized carbons (Fsp3) is 0.667. The van der Waals surface area contributed by atoms with E-state index in [1.165, 1.54) is 5.56 Å². The van der Waals surface area contributed by atoms with E-state index in [4.69, 9.17) is 0 Å². The molecule has 0 aliphatic carbocycles. The van der Waals surface area contributed by atoms with Gasteiger partial charge in [-0.2, -0.15) is 0 Å². The van der Waals surface area contributed by atoms with E-state index in [0.717, 1.165) is 38.8 Å². The van der Waals surface area contributed by atoms with E-state index in [1.807, 2.05) is 37.9 Å². The van der Waals surface area contributed by atoms with Crippen LogP contribution in [0.25, 0.3) is 0 Å². The summed E-state index contributed by atoms with van der Waals surface area (Å²) >= 11 is 0. The number of aryl methyl sites for hydroxylation is 1. The van der Waals surface area contributed by atoms with Crippen molar-refractivity contribution in [3.05, 3.63) is 30.1 Å². The molecule has 0 unspecified atom stereocenters. The van der Waals surface area contributed by atoms with Gasteiger partial charge in [0.05, 0.1) is 0 Å². The van der Waals surface area contributed by atoms with Crippen LogP contribution in [0.15, 0.2) is 24.5 Å². The molecule has 1 aliphatic rings. The molecule has 0 saturated carbocycles. The van der Waals surface area contributed by atoms with Gasteiger partial charge in [-0.05, 0) is 57.3 Å². The predicted molar refractivity (Wildman–Crippen MR) is 104 cm³/mol. The Morgan fingerprint density at radius 1 is 1.38 bits per heavy atom. The van der Waals surface area contributed by atoms with E-state index < -0.39 is 5.41 Å². The molecule has 5 nitrogen and oxygen atoms in total. The lowest BCUT2D eigenvalue weighted by atomic mass is 9.84. The first-order chi connectivity index (χ1) is 12.3. The van der Waals surface area contributed by atoms with Crippen molar-refractivity contribution in [3.8, 4) is 0 Å². The molecule has 0 radical (unpaired) electrons. The van der Waals surface area contributed by atoms with Crippen molar-refractivity contribution in [1.82, 2.24) is 14.8 Å². The highest BCUT2D eigenvalue weighted by atomic mass is 16.2. The van der Waals surface area contributed by atoms with Crippen LogP contribution in [0.1, 0.15) is 52.0 Å². The van der Waals surface area contributed by atoms with Crippen molar-refractivity contribution in [2.75, 3.05) is 26.7 Å². The van der Waals surface area contributed by atoms with Gasteiger partial charge in [0.2, 0.25) is 5.78 Å². The lowest BCUT2D eigenvalue weighted by Gasteiger charge is -2.30. The zero-order valence-electron chi connectivity index (χ0n) is 16.7. The van der Waals surface area contributed by atoms with Gasteiger partial charge in [0, 0.05) is 36.9 Å². The van der Waals surface area contributed by atoms with E-state index in [9.17, 15) is 9.59 Å². The second-order valence-electron chi connectivity index (χ2n) is 8.09. The number of aromatic nitrogens is 1. The smallest absolute Gasteiger partial charge is 0.290 e. The predicted octanol–water partition coefficient (Wildman–Crippen LogP) is 2.94. The second kappa shape index (κ2) is 9.26. The third kappa shape index (κ3) is 5.37. The van der Waals surface area contributed by atoms with Crippen molar-refractivity contribution in [1.29, 1.82) is 0 Å². The van der Waals surface area contributed by atoms with Gasteiger partial charge in [-0.15, -0.1) is 0 Å². The third-order valence-electron chi connectivity index (χ3n) is 5.58. The molecule has 5 heteroatoms. The van der Waals surface area contributed by atoms with Crippen LogP contribution >= 0.6 is 0 Å². The summed E-state index contributed by atoms with van der Waals surface area (Å²) in [6.45, 7) is 8.20. The van der Waals surface area contributed by atoms with E-state index >= 15 is 0 Å². The van der Waals surface area contributed by atoms with Crippen LogP contribution in [-0.4, -0.2) is 59.2 Å². The maximum atomic E-state index is 12.7. The summed E-state index contributed by atoms with van der Waals surface area (Å²) < 4.78 is 0. The number of ketones is 1. The summed E-state index contributed by atoms with van der Waals surface area (Å²) in [4.78, 5) is 33.5. The monoisotopic (exact) mass is 359 g/mol. The van der Waals surface area contributed by atoms with E-state index in [1.54, 1.807) is 6.20 Å². The van der Waals surface area contributed by atoms with Crippen LogP contribution < -0.4 is 0 Å². The molecule has 0 bridgehead atoms. The maximum Gasteiger partial charge on any atom is 0.290 e. The number of nitrogens with zero attached hydrogens (tertiary/aromatic N) is 3. The molecule has 1 aromatic rings. The Balaban J connectivity index is 1.83. The summed E-state index contributed by atoms with van der Waals surface area (Å²) in [5.74, 6) is -0.533. The summed E-state index contributed by atoms with van der Waals surface area (Å²) in [5.41, 5.74) is 0.686. The molecule has 0 spiro atoms. The van der Waals surface area contributed by atoms with Crippen molar-refractivity contribution >= 4 is 11.7 Å². The van der Waals surface area contributed by atoms with Crippen molar-refractivity contribution in [2.45, 2.75) is 58.9 Å². The van der Waals surface area contributed by atoms with Gasteiger partial charge >= 0.3 is 0 Å². The first-order valence-electron chi connectivity index (χ1n) is 9.78. The largest absolute Gasteiger partial charge is 0.332 e. The molecule has 2 rings (SSSR count). The van der Waals surface area contributed by atoms with Gasteiger partial charge in [-0.3, -0.25) is 14.6 Å². The average molecular weight is 360 g/mol. The van der Waals surface area contributed by atoms with Crippen molar-refractivity contribution in [3.63, 3.8) is 0 Å². The number of carbonyl (C=O) groups is 2. The SMILES string of the molecule is CCC(C)(C)C(=O)C(=O)N1CCC[C@H]1CN(C)CCCc1cccnc1. The fourth-order valence-corrected chi connectivity index (χ4v) is 3.42. The number of likely N-dealkylation sites (N-methyl/N-ethyl adjacent to an activating group) is 1. The van der Waals surface area contributed by atoms with Gasteiger partial charge in [0.25, 0.3) is 5.91 Å². The van der Waals surface area contributed by atoms with Crippen LogP contribution in [0.3, 0.4) is 0 Å². The van der Waals surface area contributed by atoms with Crippen LogP contribution in [0, 0.1) is 5.41 Å². The molecule has 0 aromatic carbocycles. The molecular weight excluding hydrogens is 326 g/mol. The van der Waals surface area contributed by atoms with Gasteiger partial charge in [-0.25, -0.2) is 0 Å². The molecule has 2 heterocycles. The van der Waals surface area contributed by atoms with E-state index in [-0.39, 0.29) is 17.7 Å². The highest BCUT2D eigenvalue weighted by Crippen LogP contribution is 2.25. The van der Waals surface area contributed by atoms with Crippen molar-refractivity contribution < 1.29 is 9.59 Å². The quantitative estimate of drug-likeness (QED) is 0.636. The Labute approximate surface area is 157 Å². The number of hydrogen-bond acceptors (Lipinski definition) is 4. The molecule has 1 aliphatic heterocycles. The Morgan fingerprint density at radius 3 is 2.81 bits per heavy atom. The van der Waals surface area contributed by atoms with Crippen LogP contribution in [0.2, 0.25) is 0 Å². The molecule has 1 aromatic heterocycles. The fourth-order valence-electron chi connectivity index (χ4n) is 3.42. The van der Waals surface area contributed by atoms with Crippen molar-refractivity contribution in [2.24, 2.45) is 5.41 Å². The molecule has 144 valence electrons. The zero-order chi connectivity index (χ0) is 19.2. The molecule has 1 amide bonds. The highest BCUT2D eigenvalue weighted by molar-refractivity contribution is 6.38. The minimum Gasteiger partial charge on any atom is -0.332 e. The molecule has 1 atom stereocenters. The summed E-state index contributed by atoms with van der Waals surface area (Å²) in [7, 11) is 2.10. The Hall–Kier alpha value is -1.75. The van der Waals surface area contributed by atoms with Gasteiger partial charge < -0.3 is 9.80 Å². The number of rotatable bonds is 9. The first kappa shape index (κ1) is 20.6. The molecular formula is C21H33N3O2. The second-order valence-corrected chi connectivity index (χ2v) is 8.09. The van der Waals surface area contributed by atoms with Crippen LogP contribution in [-0.2, 0) is 16.0 Å². The number of Topliss-reactive ketones (excluding diaryl/α,β-unsaturated/α-hetero) is 1. The Kier molecular flexibility index (Phi) is 7.33. The number of hydrogen-bond donors (Lipinski definition) is 0. The Bertz CT molecular complexity index is 601. The number of amides is 1. The standard InChI is InChI=1S/C21H33N3O2/c1-5-21(2,3)19(25)20(26)24-14-8-11-18(24)16-23(4)13-7-10-17-9-6-12-22-15-17/h6,9,12,15,18H,5,7-8,10-11,13-14,16H2,1-4H3/t18-/m0/s1. The molecule has 1 saturated heterocycles. The summed E-state index contributed by atoms with van der Waals surface area (Å²) in [6.07, 6.45) is 8.43. The minimum atomic E-state index is -0.570. The normalized spacial score (nSPS) is 17.7.